The molecule has 3 rings (SSSR count). The van der Waals surface area contributed by atoms with E-state index in [1.54, 1.807) is 24.0 Å². The van der Waals surface area contributed by atoms with E-state index in [2.05, 4.69) is 25.7 Å². The second-order valence-corrected chi connectivity index (χ2v) is 5.10. The third-order valence-corrected chi connectivity index (χ3v) is 3.36. The number of carbonyl (C=O) groups is 1. The maximum absolute atomic E-state index is 11.6. The average Bonchev–Trinajstić information content (AvgIpc) is 2.98. The predicted molar refractivity (Wildman–Crippen MR) is 89.6 cm³/mol. The zero-order chi connectivity index (χ0) is 16.9. The molecule has 0 aliphatic carbocycles. The summed E-state index contributed by atoms with van der Waals surface area (Å²) in [6.07, 6.45) is 3.51. The van der Waals surface area contributed by atoms with Gasteiger partial charge in [-0.2, -0.15) is 4.98 Å². The van der Waals surface area contributed by atoms with Crippen LogP contribution in [0.15, 0.2) is 36.7 Å². The van der Waals surface area contributed by atoms with Crippen molar-refractivity contribution in [1.29, 1.82) is 0 Å². The number of carbonyl (C=O) groups excluding carboxylic acids is 1. The summed E-state index contributed by atoms with van der Waals surface area (Å²) in [6, 6.07) is 7.37. The van der Waals surface area contributed by atoms with Crippen molar-refractivity contribution in [2.45, 2.75) is 13.5 Å². The Kier molecular flexibility index (Phi) is 4.66. The fraction of sp³-hybridized carbons (Fsp3) is 0.250. The van der Waals surface area contributed by atoms with Gasteiger partial charge in [0.1, 0.15) is 0 Å². The molecule has 0 unspecified atom stereocenters. The zero-order valence-corrected chi connectivity index (χ0v) is 13.5. The van der Waals surface area contributed by atoms with Crippen molar-refractivity contribution in [1.82, 2.24) is 24.9 Å². The van der Waals surface area contributed by atoms with Crippen LogP contribution in [0.3, 0.4) is 0 Å². The number of hydrogen-bond acceptors (Lipinski definition) is 5. The third-order valence-electron chi connectivity index (χ3n) is 3.36. The molecular weight excluding hydrogens is 308 g/mol. The van der Waals surface area contributed by atoms with Gasteiger partial charge in [-0.1, -0.05) is 6.07 Å². The van der Waals surface area contributed by atoms with E-state index in [4.69, 9.17) is 4.74 Å². The number of aromatic nitrogens is 4. The van der Waals surface area contributed by atoms with E-state index in [9.17, 15) is 4.79 Å². The highest BCUT2D eigenvalue weighted by Gasteiger charge is 2.12. The molecule has 0 atom stereocenters. The first-order valence-corrected chi connectivity index (χ1v) is 7.55. The lowest BCUT2D eigenvalue weighted by Gasteiger charge is -2.07. The van der Waals surface area contributed by atoms with E-state index in [-0.39, 0.29) is 12.0 Å². The van der Waals surface area contributed by atoms with Crippen LogP contribution in [-0.4, -0.2) is 39.3 Å². The van der Waals surface area contributed by atoms with Crippen LogP contribution in [0.2, 0.25) is 0 Å². The van der Waals surface area contributed by atoms with Gasteiger partial charge in [-0.15, -0.1) is 5.10 Å². The van der Waals surface area contributed by atoms with Gasteiger partial charge in [-0.25, -0.2) is 9.31 Å². The summed E-state index contributed by atoms with van der Waals surface area (Å²) in [4.78, 5) is 20.2. The first-order valence-electron chi connectivity index (χ1n) is 7.55. The predicted octanol–water partition coefficient (Wildman–Crippen LogP) is 2.08. The summed E-state index contributed by atoms with van der Waals surface area (Å²) in [5.74, 6) is 0.238. The molecule has 3 aromatic heterocycles. The van der Waals surface area contributed by atoms with Crippen molar-refractivity contribution in [3.8, 4) is 11.1 Å². The van der Waals surface area contributed by atoms with Gasteiger partial charge < -0.3 is 10.1 Å². The van der Waals surface area contributed by atoms with Crippen LogP contribution in [0.25, 0.3) is 16.8 Å². The summed E-state index contributed by atoms with van der Waals surface area (Å²) in [6.45, 7) is 2.74. The van der Waals surface area contributed by atoms with Crippen LogP contribution in [0, 0.1) is 0 Å². The Hall–Kier alpha value is -3.00. The van der Waals surface area contributed by atoms with Crippen molar-refractivity contribution in [3.63, 3.8) is 0 Å². The SMILES string of the molecule is CCNC(=O)Nc1nc2cc(-c3cccnc3)cc(COC)n2n1. The minimum absolute atomic E-state index is 0.238. The summed E-state index contributed by atoms with van der Waals surface area (Å²) < 4.78 is 6.91. The maximum Gasteiger partial charge on any atom is 0.321 e. The molecule has 0 spiro atoms. The Bertz CT molecular complexity index is 846. The number of rotatable bonds is 5. The molecule has 8 heteroatoms. The van der Waals surface area contributed by atoms with E-state index >= 15 is 0 Å². The quantitative estimate of drug-likeness (QED) is 0.749. The molecule has 3 aromatic rings. The van der Waals surface area contributed by atoms with Crippen molar-refractivity contribution < 1.29 is 9.53 Å². The summed E-state index contributed by atoms with van der Waals surface area (Å²) in [5, 5.41) is 9.58. The molecule has 0 aliphatic heterocycles. The van der Waals surface area contributed by atoms with Crippen molar-refractivity contribution in [2.24, 2.45) is 0 Å². The molecule has 0 fully saturated rings. The first-order chi connectivity index (χ1) is 11.7. The van der Waals surface area contributed by atoms with Gasteiger partial charge in [0.15, 0.2) is 5.65 Å². The normalized spacial score (nSPS) is 10.8. The van der Waals surface area contributed by atoms with Gasteiger partial charge in [-0.3, -0.25) is 10.3 Å². The highest BCUT2D eigenvalue weighted by Crippen LogP contribution is 2.22. The van der Waals surface area contributed by atoms with Gasteiger partial charge in [-0.05, 0) is 30.7 Å². The summed E-state index contributed by atoms with van der Waals surface area (Å²) in [7, 11) is 1.62. The lowest BCUT2D eigenvalue weighted by molar-refractivity contribution is 0.179. The molecule has 0 saturated heterocycles. The van der Waals surface area contributed by atoms with Crippen LogP contribution in [0.5, 0.6) is 0 Å². The summed E-state index contributed by atoms with van der Waals surface area (Å²) in [5.41, 5.74) is 3.37. The molecule has 0 aliphatic rings. The number of pyridine rings is 2. The number of nitrogens with one attached hydrogen (secondary N) is 2. The molecule has 2 amide bonds. The monoisotopic (exact) mass is 326 g/mol. The lowest BCUT2D eigenvalue weighted by atomic mass is 10.1. The molecule has 0 aromatic carbocycles. The van der Waals surface area contributed by atoms with Crippen molar-refractivity contribution in [2.75, 3.05) is 19.0 Å². The fourth-order valence-corrected chi connectivity index (χ4v) is 2.36. The van der Waals surface area contributed by atoms with E-state index in [0.29, 0.717) is 18.8 Å². The number of fused-ring (bicyclic) bond motifs is 1. The van der Waals surface area contributed by atoms with Crippen LogP contribution in [0.1, 0.15) is 12.6 Å². The van der Waals surface area contributed by atoms with Gasteiger partial charge in [0.05, 0.1) is 12.3 Å². The number of methoxy groups -OCH3 is 1. The van der Waals surface area contributed by atoms with E-state index < -0.39 is 0 Å². The van der Waals surface area contributed by atoms with Gasteiger partial charge in [0.2, 0.25) is 0 Å². The number of hydrogen-bond donors (Lipinski definition) is 2. The average molecular weight is 326 g/mol. The molecular formula is C16H18N6O2. The maximum atomic E-state index is 11.6. The van der Waals surface area contributed by atoms with Gasteiger partial charge in [0.25, 0.3) is 5.95 Å². The standard InChI is InChI=1S/C16H18N6O2/c1-3-18-16(23)20-15-19-14-8-12(11-5-4-6-17-9-11)7-13(10-24-2)22(14)21-15/h4-9H,3,10H2,1-2H3,(H2,18,20,21,23). The van der Waals surface area contributed by atoms with Gasteiger partial charge >= 0.3 is 6.03 Å². The second kappa shape index (κ2) is 7.05. The van der Waals surface area contributed by atoms with Crippen LogP contribution in [-0.2, 0) is 11.3 Å². The topological polar surface area (TPSA) is 93.4 Å². The van der Waals surface area contributed by atoms with Crippen molar-refractivity contribution >= 4 is 17.6 Å². The number of urea groups is 1. The largest absolute Gasteiger partial charge is 0.378 e. The van der Waals surface area contributed by atoms with E-state index in [1.165, 1.54) is 0 Å². The minimum Gasteiger partial charge on any atom is -0.378 e. The first kappa shape index (κ1) is 15.9. The number of nitrogens with zero attached hydrogens (tertiary/aromatic N) is 4. The van der Waals surface area contributed by atoms with Crippen LogP contribution in [0.4, 0.5) is 10.7 Å². The minimum atomic E-state index is -0.339. The smallest absolute Gasteiger partial charge is 0.321 e. The van der Waals surface area contributed by atoms with Crippen molar-refractivity contribution in [3.05, 3.63) is 42.4 Å². The van der Waals surface area contributed by atoms with E-state index in [0.717, 1.165) is 16.8 Å². The fourth-order valence-electron chi connectivity index (χ4n) is 2.36. The summed E-state index contributed by atoms with van der Waals surface area (Å²) >= 11 is 0. The molecule has 0 saturated carbocycles. The highest BCUT2D eigenvalue weighted by molar-refractivity contribution is 5.87. The van der Waals surface area contributed by atoms with Gasteiger partial charge in [0, 0.05) is 31.6 Å². The zero-order valence-electron chi connectivity index (χ0n) is 13.5. The Balaban J connectivity index is 2.03. The third kappa shape index (κ3) is 3.33. The number of anilines is 1. The second-order valence-electron chi connectivity index (χ2n) is 5.10. The molecule has 0 radical (unpaired) electrons. The number of amides is 2. The van der Waals surface area contributed by atoms with Crippen LogP contribution < -0.4 is 10.6 Å². The van der Waals surface area contributed by atoms with Crippen LogP contribution >= 0.6 is 0 Å². The lowest BCUT2D eigenvalue weighted by Crippen LogP contribution is -2.28. The molecule has 24 heavy (non-hydrogen) atoms. The molecule has 124 valence electrons. The Morgan fingerprint density at radius 3 is 2.92 bits per heavy atom. The Morgan fingerprint density at radius 1 is 1.33 bits per heavy atom. The molecule has 3 heterocycles. The molecule has 2 N–H and O–H groups in total. The Morgan fingerprint density at radius 2 is 2.21 bits per heavy atom. The number of ether oxygens (including phenoxy) is 1. The highest BCUT2D eigenvalue weighted by atomic mass is 16.5. The molecule has 0 bridgehead atoms. The Labute approximate surface area is 138 Å². The van der Waals surface area contributed by atoms with E-state index in [1.807, 2.05) is 31.2 Å². The molecule has 8 nitrogen and oxygen atoms in total.